The minimum atomic E-state index is 0.106. The zero-order chi connectivity index (χ0) is 12.0. The molecule has 0 saturated carbocycles. The summed E-state index contributed by atoms with van der Waals surface area (Å²) in [7, 11) is 1.62. The third-order valence-corrected chi connectivity index (χ3v) is 2.11. The van der Waals surface area contributed by atoms with E-state index in [0.29, 0.717) is 0 Å². The molecule has 90 valence electrons. The summed E-state index contributed by atoms with van der Waals surface area (Å²) in [5.74, 6) is 0.876. The molecule has 1 N–H and O–H groups in total. The van der Waals surface area contributed by atoms with Crippen molar-refractivity contribution in [3.8, 4) is 5.75 Å². The van der Waals surface area contributed by atoms with E-state index in [0.717, 1.165) is 17.9 Å². The third kappa shape index (κ3) is 4.64. The van der Waals surface area contributed by atoms with Crippen LogP contribution in [0.2, 0.25) is 0 Å². The van der Waals surface area contributed by atoms with E-state index in [1.807, 2.05) is 18.2 Å². The molecule has 3 heteroatoms. The fraction of sp³-hybridized carbons (Fsp3) is 0.538. The normalized spacial score (nSPS) is 11.5. The van der Waals surface area contributed by atoms with Crippen LogP contribution in [0.25, 0.3) is 0 Å². The first-order valence-electron chi connectivity index (χ1n) is 5.47. The van der Waals surface area contributed by atoms with Crippen LogP contribution in [0.3, 0.4) is 0 Å². The lowest BCUT2D eigenvalue weighted by atomic mass is 10.1. The van der Waals surface area contributed by atoms with Gasteiger partial charge >= 0.3 is 0 Å². The maximum Gasteiger partial charge on any atom is 0.188 e. The van der Waals surface area contributed by atoms with Crippen molar-refractivity contribution in [3.05, 3.63) is 29.8 Å². The van der Waals surface area contributed by atoms with Crippen molar-refractivity contribution >= 4 is 0 Å². The predicted molar refractivity (Wildman–Crippen MR) is 65.5 cm³/mol. The van der Waals surface area contributed by atoms with Gasteiger partial charge in [0.25, 0.3) is 0 Å². The Labute approximate surface area is 97.8 Å². The van der Waals surface area contributed by atoms with Crippen molar-refractivity contribution in [2.24, 2.45) is 0 Å². The fourth-order valence-corrected chi connectivity index (χ4v) is 1.27. The molecule has 0 atom stereocenters. The number of para-hydroxylation sites is 1. The molecule has 1 aromatic rings. The van der Waals surface area contributed by atoms with E-state index in [9.17, 15) is 0 Å². The third-order valence-electron chi connectivity index (χ3n) is 2.11. The molecule has 0 unspecified atom stereocenters. The summed E-state index contributed by atoms with van der Waals surface area (Å²) in [5, 5.41) is 3.43. The largest absolute Gasteiger partial charge is 0.467 e. The smallest absolute Gasteiger partial charge is 0.188 e. The second-order valence-electron chi connectivity index (χ2n) is 4.76. The first-order chi connectivity index (χ1) is 7.53. The van der Waals surface area contributed by atoms with Crippen molar-refractivity contribution in [2.75, 3.05) is 13.9 Å². The topological polar surface area (TPSA) is 30.5 Å². The van der Waals surface area contributed by atoms with Crippen LogP contribution in [-0.2, 0) is 11.3 Å². The van der Waals surface area contributed by atoms with E-state index in [1.165, 1.54) is 0 Å². The van der Waals surface area contributed by atoms with E-state index < -0.39 is 0 Å². The molecule has 0 fully saturated rings. The number of hydrogen-bond acceptors (Lipinski definition) is 3. The molecule has 0 heterocycles. The van der Waals surface area contributed by atoms with Crippen molar-refractivity contribution < 1.29 is 9.47 Å². The first kappa shape index (κ1) is 13.0. The van der Waals surface area contributed by atoms with Gasteiger partial charge < -0.3 is 14.8 Å². The predicted octanol–water partition coefficient (Wildman–Crippen LogP) is 2.56. The lowest BCUT2D eigenvalue weighted by molar-refractivity contribution is 0.0503. The highest BCUT2D eigenvalue weighted by molar-refractivity contribution is 5.33. The first-order valence-corrected chi connectivity index (χ1v) is 5.47. The summed E-state index contributed by atoms with van der Waals surface area (Å²) in [4.78, 5) is 0. The van der Waals surface area contributed by atoms with Crippen molar-refractivity contribution in [2.45, 2.75) is 32.9 Å². The SMILES string of the molecule is COCOc1ccccc1CNC(C)(C)C. The molecule has 0 aliphatic rings. The summed E-state index contributed by atoms with van der Waals surface area (Å²) in [6.45, 7) is 7.51. The van der Waals surface area contributed by atoms with Crippen LogP contribution in [0.1, 0.15) is 26.3 Å². The molecule has 0 aromatic heterocycles. The van der Waals surface area contributed by atoms with Gasteiger partial charge in [0.15, 0.2) is 6.79 Å². The molecule has 0 spiro atoms. The molecule has 0 saturated heterocycles. The van der Waals surface area contributed by atoms with E-state index in [4.69, 9.17) is 9.47 Å². The molecule has 0 aliphatic carbocycles. The Bertz CT molecular complexity index is 318. The van der Waals surface area contributed by atoms with Gasteiger partial charge in [-0.25, -0.2) is 0 Å². The van der Waals surface area contributed by atoms with Gasteiger partial charge in [0, 0.05) is 24.8 Å². The number of benzene rings is 1. The average Bonchev–Trinajstić information content (AvgIpc) is 2.23. The zero-order valence-corrected chi connectivity index (χ0v) is 10.5. The van der Waals surface area contributed by atoms with E-state index in [2.05, 4.69) is 32.2 Å². The van der Waals surface area contributed by atoms with Gasteiger partial charge in [0.05, 0.1) is 0 Å². The van der Waals surface area contributed by atoms with E-state index >= 15 is 0 Å². The maximum atomic E-state index is 5.49. The fourth-order valence-electron chi connectivity index (χ4n) is 1.27. The highest BCUT2D eigenvalue weighted by atomic mass is 16.7. The van der Waals surface area contributed by atoms with Crippen LogP contribution in [0.5, 0.6) is 5.75 Å². The summed E-state index contributed by atoms with van der Waals surface area (Å²) in [5.41, 5.74) is 1.25. The second kappa shape index (κ2) is 5.87. The number of hydrogen-bond donors (Lipinski definition) is 1. The van der Waals surface area contributed by atoms with Crippen LogP contribution < -0.4 is 10.1 Å². The van der Waals surface area contributed by atoms with E-state index in [1.54, 1.807) is 7.11 Å². The minimum absolute atomic E-state index is 0.106. The number of ether oxygens (including phenoxy) is 2. The molecule has 1 rings (SSSR count). The number of methoxy groups -OCH3 is 1. The van der Waals surface area contributed by atoms with Gasteiger partial charge in [-0.15, -0.1) is 0 Å². The molecule has 0 aliphatic heterocycles. The summed E-state index contributed by atoms with van der Waals surface area (Å²) < 4.78 is 10.4. The Hall–Kier alpha value is -1.06. The van der Waals surface area contributed by atoms with Crippen LogP contribution >= 0.6 is 0 Å². The van der Waals surface area contributed by atoms with Crippen LogP contribution in [0.4, 0.5) is 0 Å². The molecule has 1 aromatic carbocycles. The Kier molecular flexibility index (Phi) is 4.77. The molecule has 0 amide bonds. The molecular weight excluding hydrogens is 202 g/mol. The Morgan fingerprint density at radius 3 is 2.50 bits per heavy atom. The van der Waals surface area contributed by atoms with Crippen molar-refractivity contribution in [3.63, 3.8) is 0 Å². The number of nitrogens with one attached hydrogen (secondary N) is 1. The summed E-state index contributed by atoms with van der Waals surface area (Å²) in [6.07, 6.45) is 0. The standard InChI is InChI=1S/C13H21NO2/c1-13(2,3)14-9-11-7-5-6-8-12(11)16-10-15-4/h5-8,14H,9-10H2,1-4H3. The molecule has 16 heavy (non-hydrogen) atoms. The molecule has 0 radical (unpaired) electrons. The second-order valence-corrected chi connectivity index (χ2v) is 4.76. The van der Waals surface area contributed by atoms with Gasteiger partial charge in [-0.1, -0.05) is 18.2 Å². The van der Waals surface area contributed by atoms with Crippen molar-refractivity contribution in [1.29, 1.82) is 0 Å². The van der Waals surface area contributed by atoms with Crippen LogP contribution in [-0.4, -0.2) is 19.4 Å². The lowest BCUT2D eigenvalue weighted by Crippen LogP contribution is -2.35. The lowest BCUT2D eigenvalue weighted by Gasteiger charge is -2.21. The minimum Gasteiger partial charge on any atom is -0.467 e. The highest BCUT2D eigenvalue weighted by Gasteiger charge is 2.10. The van der Waals surface area contributed by atoms with Gasteiger partial charge in [0.2, 0.25) is 0 Å². The zero-order valence-electron chi connectivity index (χ0n) is 10.5. The molecule has 0 bridgehead atoms. The van der Waals surface area contributed by atoms with Crippen molar-refractivity contribution in [1.82, 2.24) is 5.32 Å². The average molecular weight is 223 g/mol. The van der Waals surface area contributed by atoms with Gasteiger partial charge in [-0.3, -0.25) is 0 Å². The molecule has 3 nitrogen and oxygen atoms in total. The van der Waals surface area contributed by atoms with Crippen LogP contribution in [0.15, 0.2) is 24.3 Å². The van der Waals surface area contributed by atoms with Gasteiger partial charge in [-0.2, -0.15) is 0 Å². The van der Waals surface area contributed by atoms with Gasteiger partial charge in [-0.05, 0) is 26.8 Å². The van der Waals surface area contributed by atoms with Gasteiger partial charge in [0.1, 0.15) is 5.75 Å². The van der Waals surface area contributed by atoms with E-state index in [-0.39, 0.29) is 12.3 Å². The Balaban J connectivity index is 2.63. The number of rotatable bonds is 5. The Morgan fingerprint density at radius 2 is 1.88 bits per heavy atom. The highest BCUT2D eigenvalue weighted by Crippen LogP contribution is 2.18. The van der Waals surface area contributed by atoms with Crippen LogP contribution in [0, 0.1) is 0 Å². The molecular formula is C13H21NO2. The Morgan fingerprint density at radius 1 is 1.19 bits per heavy atom. The quantitative estimate of drug-likeness (QED) is 0.778. The maximum absolute atomic E-state index is 5.49. The monoisotopic (exact) mass is 223 g/mol. The summed E-state index contributed by atoms with van der Waals surface area (Å²) >= 11 is 0. The summed E-state index contributed by atoms with van der Waals surface area (Å²) in [6, 6.07) is 7.99.